The molecule has 1 fully saturated rings. The number of hydrogen-bond donors (Lipinski definition) is 2. The van der Waals surface area contributed by atoms with Gasteiger partial charge in [0.1, 0.15) is 5.82 Å². The largest absolute Gasteiger partial charge is 0.465 e. The molecule has 178 valence electrons. The number of fused-ring (bicyclic) bond motifs is 1. The molecule has 1 aliphatic heterocycles. The van der Waals surface area contributed by atoms with E-state index in [-0.39, 0.29) is 34.1 Å². The lowest BCUT2D eigenvalue weighted by Crippen LogP contribution is -2.27. The second-order valence-corrected chi connectivity index (χ2v) is 8.67. The third kappa shape index (κ3) is 4.23. The number of anilines is 1. The molecule has 2 N–H and O–H groups in total. The fourth-order valence-corrected chi connectivity index (χ4v) is 4.47. The van der Waals surface area contributed by atoms with Crippen LogP contribution in [0.25, 0.3) is 22.4 Å². The molecule has 13 nitrogen and oxygen atoms in total. The van der Waals surface area contributed by atoms with E-state index in [2.05, 4.69) is 25.4 Å². The number of carbonyl (C=O) groups is 2. The van der Waals surface area contributed by atoms with Crippen molar-refractivity contribution in [1.29, 1.82) is 0 Å². The first-order chi connectivity index (χ1) is 16.8. The van der Waals surface area contributed by atoms with Crippen molar-refractivity contribution in [3.8, 4) is 11.4 Å². The summed E-state index contributed by atoms with van der Waals surface area (Å²) in [5.74, 6) is -1.08. The van der Waals surface area contributed by atoms with Crippen LogP contribution in [-0.4, -0.2) is 64.8 Å². The van der Waals surface area contributed by atoms with Crippen LogP contribution in [0, 0.1) is 16.1 Å². The van der Waals surface area contributed by atoms with Gasteiger partial charge in [-0.05, 0) is 24.6 Å². The number of nitrogens with zero attached hydrogens (tertiary/aromatic N) is 7. The number of pyridine rings is 1. The number of nitrogens with one attached hydrogen (secondary N) is 1. The van der Waals surface area contributed by atoms with E-state index in [0.717, 1.165) is 6.07 Å². The zero-order valence-corrected chi connectivity index (χ0v) is 18.5. The number of hydrogen-bond acceptors (Lipinski definition) is 9. The van der Waals surface area contributed by atoms with Gasteiger partial charge in [0, 0.05) is 30.9 Å². The second-order valence-electron chi connectivity index (χ2n) is 7.61. The highest BCUT2D eigenvalue weighted by Gasteiger charge is 2.30. The Kier molecular flexibility index (Phi) is 5.52. The molecule has 2 amide bonds. The van der Waals surface area contributed by atoms with Gasteiger partial charge in [0.15, 0.2) is 11.5 Å². The summed E-state index contributed by atoms with van der Waals surface area (Å²) >= 11 is 0.716. The summed E-state index contributed by atoms with van der Waals surface area (Å²) in [6.45, 7) is 0.548. The van der Waals surface area contributed by atoms with Crippen LogP contribution in [0.5, 0.6) is 0 Å². The molecular weight excluding hydrogens is 483 g/mol. The van der Waals surface area contributed by atoms with Crippen LogP contribution in [0.1, 0.15) is 22.1 Å². The van der Waals surface area contributed by atoms with E-state index in [1.807, 2.05) is 0 Å². The lowest BCUT2D eigenvalue weighted by Gasteiger charge is -2.14. The molecule has 4 aromatic heterocycles. The molecule has 0 spiro atoms. The second kappa shape index (κ2) is 8.68. The number of thiophene rings is 1. The van der Waals surface area contributed by atoms with E-state index in [1.54, 1.807) is 4.68 Å². The van der Waals surface area contributed by atoms with Crippen molar-refractivity contribution in [2.75, 3.05) is 18.4 Å². The number of carboxylic acid groups (broad SMARTS) is 1. The maximum Gasteiger partial charge on any atom is 0.407 e. The molecule has 1 atom stereocenters. The number of amides is 2. The van der Waals surface area contributed by atoms with Crippen molar-refractivity contribution in [1.82, 2.24) is 29.6 Å². The smallest absolute Gasteiger partial charge is 0.407 e. The Morgan fingerprint density at radius 3 is 2.71 bits per heavy atom. The average molecular weight is 498 g/mol. The van der Waals surface area contributed by atoms with Crippen LogP contribution < -0.4 is 5.32 Å². The lowest BCUT2D eigenvalue weighted by atomic mass is 10.2. The molecule has 0 radical (unpaired) electrons. The van der Waals surface area contributed by atoms with Crippen molar-refractivity contribution < 1.29 is 24.0 Å². The fraction of sp³-hybridized carbons (Fsp3) is 0.200. The summed E-state index contributed by atoms with van der Waals surface area (Å²) in [6.07, 6.45) is 2.18. The van der Waals surface area contributed by atoms with Gasteiger partial charge in [0.05, 0.1) is 27.4 Å². The first kappa shape index (κ1) is 22.3. The molecule has 0 aliphatic carbocycles. The molecule has 4 aromatic rings. The molecular formula is C20H15FN8O5S. The minimum Gasteiger partial charge on any atom is -0.465 e. The van der Waals surface area contributed by atoms with Crippen LogP contribution in [0.2, 0.25) is 0 Å². The first-order valence-corrected chi connectivity index (χ1v) is 11.0. The summed E-state index contributed by atoms with van der Waals surface area (Å²) in [6, 6.07) is 4.85. The molecule has 5 rings (SSSR count). The minimum atomic E-state index is -1.03. The molecule has 0 saturated carbocycles. The molecule has 1 aliphatic rings. The number of likely N-dealkylation sites (tertiary alicyclic amines) is 1. The van der Waals surface area contributed by atoms with Gasteiger partial charge in [0.25, 0.3) is 5.91 Å². The molecule has 35 heavy (non-hydrogen) atoms. The molecule has 0 unspecified atom stereocenters. The standard InChI is InChI=1S/C20H15FN8O5S/c21-14-3-1-10(7-22-14)16-24-17(26-19(30)13-2-4-15(35-13)29(33)34)12-8-23-28(18(12)25-16)11-5-6-27(9-11)20(31)32/h1-4,7-8,11H,5-6,9H2,(H,31,32)(H,24,25,26,30)/t11-/m1/s1. The van der Waals surface area contributed by atoms with Crippen LogP contribution in [-0.2, 0) is 0 Å². The highest BCUT2D eigenvalue weighted by molar-refractivity contribution is 7.17. The Bertz CT molecular complexity index is 1470. The minimum absolute atomic E-state index is 0.0923. The zero-order valence-electron chi connectivity index (χ0n) is 17.7. The highest BCUT2D eigenvalue weighted by atomic mass is 32.1. The highest BCUT2D eigenvalue weighted by Crippen LogP contribution is 2.31. The van der Waals surface area contributed by atoms with Gasteiger partial charge in [-0.15, -0.1) is 0 Å². The Balaban J connectivity index is 1.57. The third-order valence-corrected chi connectivity index (χ3v) is 6.48. The van der Waals surface area contributed by atoms with E-state index in [1.165, 1.54) is 35.5 Å². The Labute approximate surface area is 199 Å². The summed E-state index contributed by atoms with van der Waals surface area (Å²) in [5.41, 5.74) is 0.714. The van der Waals surface area contributed by atoms with Crippen molar-refractivity contribution in [3.05, 3.63) is 57.6 Å². The van der Waals surface area contributed by atoms with Gasteiger partial charge in [0.2, 0.25) is 5.95 Å². The van der Waals surface area contributed by atoms with Crippen molar-refractivity contribution >= 4 is 45.2 Å². The topological polar surface area (TPSA) is 169 Å². The molecule has 0 aromatic carbocycles. The van der Waals surface area contributed by atoms with Crippen LogP contribution in [0.15, 0.2) is 36.7 Å². The van der Waals surface area contributed by atoms with E-state index < -0.39 is 22.9 Å². The Morgan fingerprint density at radius 1 is 1.23 bits per heavy atom. The predicted molar refractivity (Wildman–Crippen MR) is 121 cm³/mol. The number of rotatable bonds is 5. The van der Waals surface area contributed by atoms with E-state index in [9.17, 15) is 29.2 Å². The van der Waals surface area contributed by atoms with Gasteiger partial charge in [-0.3, -0.25) is 14.9 Å². The molecule has 15 heteroatoms. The monoisotopic (exact) mass is 498 g/mol. The maximum atomic E-state index is 13.4. The van der Waals surface area contributed by atoms with Crippen LogP contribution in [0.3, 0.4) is 0 Å². The fourth-order valence-electron chi connectivity index (χ4n) is 3.76. The predicted octanol–water partition coefficient (Wildman–Crippen LogP) is 3.17. The summed E-state index contributed by atoms with van der Waals surface area (Å²) in [4.78, 5) is 48.5. The van der Waals surface area contributed by atoms with Gasteiger partial charge < -0.3 is 15.3 Å². The quantitative estimate of drug-likeness (QED) is 0.238. The Hall–Kier alpha value is -4.53. The zero-order chi connectivity index (χ0) is 24.7. The number of nitro groups is 1. The summed E-state index contributed by atoms with van der Waals surface area (Å²) in [7, 11) is 0. The number of carbonyl (C=O) groups excluding carboxylic acids is 1. The van der Waals surface area contributed by atoms with Gasteiger partial charge in [-0.2, -0.15) is 9.49 Å². The van der Waals surface area contributed by atoms with E-state index in [0.29, 0.717) is 40.9 Å². The van der Waals surface area contributed by atoms with Crippen molar-refractivity contribution in [2.24, 2.45) is 0 Å². The first-order valence-electron chi connectivity index (χ1n) is 10.2. The number of aromatic nitrogens is 5. The average Bonchev–Trinajstić information content (AvgIpc) is 3.58. The van der Waals surface area contributed by atoms with Gasteiger partial charge >= 0.3 is 11.1 Å². The van der Waals surface area contributed by atoms with Gasteiger partial charge in [-0.1, -0.05) is 11.3 Å². The third-order valence-electron chi connectivity index (χ3n) is 5.45. The molecule has 0 bridgehead atoms. The lowest BCUT2D eigenvalue weighted by molar-refractivity contribution is -0.380. The normalized spacial score (nSPS) is 15.5. The summed E-state index contributed by atoms with van der Waals surface area (Å²) < 4.78 is 14.9. The van der Waals surface area contributed by atoms with Crippen LogP contribution >= 0.6 is 11.3 Å². The van der Waals surface area contributed by atoms with Crippen molar-refractivity contribution in [2.45, 2.75) is 12.5 Å². The Morgan fingerprint density at radius 2 is 2.06 bits per heavy atom. The van der Waals surface area contributed by atoms with E-state index in [4.69, 9.17) is 0 Å². The van der Waals surface area contributed by atoms with Crippen LogP contribution in [0.4, 0.5) is 20.0 Å². The molecule has 5 heterocycles. The maximum absolute atomic E-state index is 13.4. The van der Waals surface area contributed by atoms with E-state index >= 15 is 0 Å². The van der Waals surface area contributed by atoms with Gasteiger partial charge in [-0.25, -0.2) is 24.4 Å². The molecule has 1 saturated heterocycles. The summed E-state index contributed by atoms with van der Waals surface area (Å²) in [5, 5.41) is 27.5. The SMILES string of the molecule is O=C(Nc1nc(-c2ccc(F)nc2)nc2c1cnn2[C@@H]1CCN(C(=O)O)C1)c1ccc([N+](=O)[O-])s1. The number of halogens is 1. The van der Waals surface area contributed by atoms with Crippen molar-refractivity contribution in [3.63, 3.8) is 0 Å².